The fraction of sp³-hybridized carbons (Fsp3) is 0.625. The smallest absolute Gasteiger partial charge is 0.0363 e. The third-order valence-electron chi connectivity index (χ3n) is 4.33. The molecule has 2 saturated carbocycles. The second kappa shape index (κ2) is 4.93. The molecule has 0 saturated heterocycles. The molecule has 2 fully saturated rings. The predicted octanol–water partition coefficient (Wildman–Crippen LogP) is 3.03. The van der Waals surface area contributed by atoms with Crippen molar-refractivity contribution in [2.75, 3.05) is 18.5 Å². The summed E-state index contributed by atoms with van der Waals surface area (Å²) in [5.41, 5.74) is 2.75. The molecule has 3 rings (SSSR count). The van der Waals surface area contributed by atoms with Crippen molar-refractivity contribution in [3.63, 3.8) is 0 Å². The number of anilines is 1. The molecule has 1 aromatic rings. The van der Waals surface area contributed by atoms with Crippen LogP contribution in [0.4, 0.5) is 5.69 Å². The summed E-state index contributed by atoms with van der Waals surface area (Å²) in [7, 11) is 2.21. The van der Waals surface area contributed by atoms with Crippen LogP contribution in [0.3, 0.4) is 0 Å². The summed E-state index contributed by atoms with van der Waals surface area (Å²) in [6.07, 6.45) is 4.13. The Morgan fingerprint density at radius 3 is 2.44 bits per heavy atom. The van der Waals surface area contributed by atoms with Crippen molar-refractivity contribution in [3.05, 3.63) is 29.8 Å². The van der Waals surface area contributed by atoms with E-state index in [2.05, 4.69) is 48.5 Å². The summed E-state index contributed by atoms with van der Waals surface area (Å²) in [6.45, 7) is 4.58. The van der Waals surface area contributed by atoms with E-state index >= 15 is 0 Å². The van der Waals surface area contributed by atoms with E-state index < -0.39 is 0 Å². The van der Waals surface area contributed by atoms with Gasteiger partial charge in [-0.2, -0.15) is 0 Å². The predicted molar refractivity (Wildman–Crippen MR) is 76.8 cm³/mol. The van der Waals surface area contributed by atoms with Gasteiger partial charge in [0.05, 0.1) is 0 Å². The molecule has 0 radical (unpaired) electrons. The maximum absolute atomic E-state index is 3.56. The minimum absolute atomic E-state index is 0.795. The third-order valence-corrected chi connectivity index (χ3v) is 4.33. The SMILES string of the molecule is CC1CC1CN(C)c1ccc(CNC2CC2)cc1. The van der Waals surface area contributed by atoms with E-state index in [1.807, 2.05) is 0 Å². The highest BCUT2D eigenvalue weighted by Gasteiger charge is 2.33. The summed E-state index contributed by atoms with van der Waals surface area (Å²) >= 11 is 0. The molecule has 0 aromatic heterocycles. The van der Waals surface area contributed by atoms with Crippen LogP contribution in [0, 0.1) is 11.8 Å². The van der Waals surface area contributed by atoms with E-state index in [0.717, 1.165) is 24.4 Å². The zero-order valence-electron chi connectivity index (χ0n) is 11.5. The molecule has 0 spiro atoms. The Kier molecular flexibility index (Phi) is 3.29. The highest BCUT2D eigenvalue weighted by Crippen LogP contribution is 2.38. The van der Waals surface area contributed by atoms with Crippen LogP contribution in [-0.4, -0.2) is 19.6 Å². The fourth-order valence-corrected chi connectivity index (χ4v) is 2.53. The van der Waals surface area contributed by atoms with Crippen molar-refractivity contribution in [3.8, 4) is 0 Å². The van der Waals surface area contributed by atoms with E-state index in [-0.39, 0.29) is 0 Å². The Hall–Kier alpha value is -1.02. The van der Waals surface area contributed by atoms with Crippen LogP contribution in [0.5, 0.6) is 0 Å². The van der Waals surface area contributed by atoms with Crippen molar-refractivity contribution in [1.82, 2.24) is 5.32 Å². The van der Waals surface area contributed by atoms with Gasteiger partial charge in [-0.1, -0.05) is 19.1 Å². The van der Waals surface area contributed by atoms with E-state index in [4.69, 9.17) is 0 Å². The quantitative estimate of drug-likeness (QED) is 0.827. The van der Waals surface area contributed by atoms with Gasteiger partial charge in [-0.05, 0) is 48.8 Å². The Balaban J connectivity index is 1.52. The topological polar surface area (TPSA) is 15.3 Å². The van der Waals surface area contributed by atoms with Gasteiger partial charge in [-0.3, -0.25) is 0 Å². The summed E-state index contributed by atoms with van der Waals surface area (Å²) in [4.78, 5) is 2.40. The van der Waals surface area contributed by atoms with E-state index in [1.54, 1.807) is 0 Å². The number of rotatable bonds is 6. The lowest BCUT2D eigenvalue weighted by Crippen LogP contribution is -2.20. The second-order valence-corrected chi connectivity index (χ2v) is 6.18. The first-order chi connectivity index (χ1) is 8.72. The molecule has 0 amide bonds. The molecule has 0 heterocycles. The van der Waals surface area contributed by atoms with Crippen molar-refractivity contribution in [2.45, 2.75) is 38.8 Å². The van der Waals surface area contributed by atoms with Gasteiger partial charge < -0.3 is 10.2 Å². The van der Waals surface area contributed by atoms with Gasteiger partial charge in [0.2, 0.25) is 0 Å². The summed E-state index contributed by atoms with van der Waals surface area (Å²) < 4.78 is 0. The molecule has 18 heavy (non-hydrogen) atoms. The summed E-state index contributed by atoms with van der Waals surface area (Å²) in [6, 6.07) is 9.84. The Morgan fingerprint density at radius 2 is 1.89 bits per heavy atom. The molecule has 2 aliphatic rings. The highest BCUT2D eigenvalue weighted by atomic mass is 15.1. The molecule has 2 heteroatoms. The standard InChI is InChI=1S/C16H24N2/c1-12-9-14(12)11-18(2)16-7-3-13(4-8-16)10-17-15-5-6-15/h3-4,7-8,12,14-15,17H,5-6,9-11H2,1-2H3. The lowest BCUT2D eigenvalue weighted by Gasteiger charge is -2.19. The number of hydrogen-bond donors (Lipinski definition) is 1. The first-order valence-electron chi connectivity index (χ1n) is 7.26. The Bertz CT molecular complexity index is 394. The zero-order chi connectivity index (χ0) is 12.5. The molecule has 2 unspecified atom stereocenters. The minimum Gasteiger partial charge on any atom is -0.374 e. The monoisotopic (exact) mass is 244 g/mol. The third kappa shape index (κ3) is 3.05. The molecule has 2 aliphatic carbocycles. The molecule has 0 aliphatic heterocycles. The Labute approximate surface area is 110 Å². The van der Waals surface area contributed by atoms with Crippen LogP contribution in [0.15, 0.2) is 24.3 Å². The maximum Gasteiger partial charge on any atom is 0.0363 e. The molecule has 2 nitrogen and oxygen atoms in total. The lowest BCUT2D eigenvalue weighted by atomic mass is 10.2. The fourth-order valence-electron chi connectivity index (χ4n) is 2.53. The lowest BCUT2D eigenvalue weighted by molar-refractivity contribution is 0.687. The van der Waals surface area contributed by atoms with Crippen LogP contribution in [0.25, 0.3) is 0 Å². The zero-order valence-corrected chi connectivity index (χ0v) is 11.5. The van der Waals surface area contributed by atoms with E-state index in [1.165, 1.54) is 37.1 Å². The number of hydrogen-bond acceptors (Lipinski definition) is 2. The minimum atomic E-state index is 0.795. The normalized spacial score (nSPS) is 26.1. The maximum atomic E-state index is 3.56. The average Bonchev–Trinajstić information content (AvgIpc) is 3.27. The van der Waals surface area contributed by atoms with Gasteiger partial charge in [-0.25, -0.2) is 0 Å². The number of nitrogens with zero attached hydrogens (tertiary/aromatic N) is 1. The van der Waals surface area contributed by atoms with E-state index in [9.17, 15) is 0 Å². The molecule has 2 atom stereocenters. The number of nitrogens with one attached hydrogen (secondary N) is 1. The molecule has 0 bridgehead atoms. The van der Waals surface area contributed by atoms with Crippen LogP contribution < -0.4 is 10.2 Å². The second-order valence-electron chi connectivity index (χ2n) is 6.18. The van der Waals surface area contributed by atoms with Crippen LogP contribution >= 0.6 is 0 Å². The van der Waals surface area contributed by atoms with Gasteiger partial charge >= 0.3 is 0 Å². The molecule has 98 valence electrons. The van der Waals surface area contributed by atoms with Gasteiger partial charge in [0.1, 0.15) is 0 Å². The van der Waals surface area contributed by atoms with Gasteiger partial charge in [0, 0.05) is 31.9 Å². The highest BCUT2D eigenvalue weighted by molar-refractivity contribution is 5.47. The average molecular weight is 244 g/mol. The van der Waals surface area contributed by atoms with Crippen molar-refractivity contribution >= 4 is 5.69 Å². The first-order valence-corrected chi connectivity index (χ1v) is 7.26. The van der Waals surface area contributed by atoms with Gasteiger partial charge in [0.25, 0.3) is 0 Å². The van der Waals surface area contributed by atoms with Crippen LogP contribution in [0.2, 0.25) is 0 Å². The van der Waals surface area contributed by atoms with Crippen LogP contribution in [-0.2, 0) is 6.54 Å². The van der Waals surface area contributed by atoms with Crippen LogP contribution in [0.1, 0.15) is 31.7 Å². The van der Waals surface area contributed by atoms with Gasteiger partial charge in [0.15, 0.2) is 0 Å². The Morgan fingerprint density at radius 1 is 1.22 bits per heavy atom. The van der Waals surface area contributed by atoms with Gasteiger partial charge in [-0.15, -0.1) is 0 Å². The summed E-state index contributed by atoms with van der Waals surface area (Å²) in [5, 5.41) is 3.56. The van der Waals surface area contributed by atoms with Crippen molar-refractivity contribution in [1.29, 1.82) is 0 Å². The largest absolute Gasteiger partial charge is 0.374 e. The first kappa shape index (κ1) is 12.0. The molecule has 1 aromatic carbocycles. The van der Waals surface area contributed by atoms with Crippen molar-refractivity contribution in [2.24, 2.45) is 11.8 Å². The number of benzene rings is 1. The molecular formula is C16H24N2. The molecular weight excluding hydrogens is 220 g/mol. The summed E-state index contributed by atoms with van der Waals surface area (Å²) in [5.74, 6) is 1.86. The van der Waals surface area contributed by atoms with E-state index in [0.29, 0.717) is 0 Å². The van der Waals surface area contributed by atoms with Crippen molar-refractivity contribution < 1.29 is 0 Å². The molecule has 1 N–H and O–H groups in total.